The number of benzene rings is 1. The van der Waals surface area contributed by atoms with Gasteiger partial charge in [-0.2, -0.15) is 0 Å². The van der Waals surface area contributed by atoms with Gasteiger partial charge in [-0.25, -0.2) is 0 Å². The van der Waals surface area contributed by atoms with Crippen molar-refractivity contribution in [1.29, 1.82) is 0 Å². The Hall–Kier alpha value is -1.59. The second kappa shape index (κ2) is 8.31. The fraction of sp³-hybridized carbons (Fsp3) is 0.611. The van der Waals surface area contributed by atoms with E-state index in [0.717, 1.165) is 38.8 Å². The maximum atomic E-state index is 6.05. The van der Waals surface area contributed by atoms with Crippen LogP contribution in [0.15, 0.2) is 35.3 Å². The summed E-state index contributed by atoms with van der Waals surface area (Å²) in [6, 6.07) is 10.8. The first kappa shape index (κ1) is 16.3. The van der Waals surface area contributed by atoms with Crippen molar-refractivity contribution in [2.45, 2.75) is 25.3 Å². The Bertz CT molecular complexity index is 495. The van der Waals surface area contributed by atoms with Gasteiger partial charge in [-0.3, -0.25) is 9.89 Å². The van der Waals surface area contributed by atoms with E-state index >= 15 is 0 Å². The predicted molar refractivity (Wildman–Crippen MR) is 93.4 cm³/mol. The molecule has 1 atom stereocenters. The lowest BCUT2D eigenvalue weighted by Crippen LogP contribution is -2.41. The van der Waals surface area contributed by atoms with E-state index in [4.69, 9.17) is 10.5 Å². The molecule has 3 rings (SSSR count). The number of nitrogens with zero attached hydrogens (tertiary/aromatic N) is 2. The van der Waals surface area contributed by atoms with Crippen molar-refractivity contribution in [3.05, 3.63) is 35.9 Å². The number of hydrogen-bond donors (Lipinski definition) is 2. The zero-order valence-electron chi connectivity index (χ0n) is 13.8. The van der Waals surface area contributed by atoms with Crippen molar-refractivity contribution in [2.75, 3.05) is 39.4 Å². The molecular formula is C18H28N4O. The van der Waals surface area contributed by atoms with Crippen LogP contribution >= 0.6 is 0 Å². The largest absolute Gasteiger partial charge is 0.379 e. The van der Waals surface area contributed by atoms with Gasteiger partial charge in [0.25, 0.3) is 0 Å². The zero-order valence-corrected chi connectivity index (χ0v) is 13.8. The third kappa shape index (κ3) is 4.69. The number of nitrogens with one attached hydrogen (secondary N) is 1. The predicted octanol–water partition coefficient (Wildman–Crippen LogP) is 1.76. The second-order valence-electron chi connectivity index (χ2n) is 6.48. The molecule has 126 valence electrons. The number of aliphatic imine (C=N–C) groups is 1. The van der Waals surface area contributed by atoms with Gasteiger partial charge in [0.05, 0.1) is 25.8 Å². The Labute approximate surface area is 138 Å². The molecule has 0 spiro atoms. The highest BCUT2D eigenvalue weighted by atomic mass is 16.5. The molecular weight excluding hydrogens is 288 g/mol. The van der Waals surface area contributed by atoms with E-state index in [-0.39, 0.29) is 6.04 Å². The molecule has 1 aliphatic carbocycles. The van der Waals surface area contributed by atoms with Crippen LogP contribution in [0.3, 0.4) is 0 Å². The minimum absolute atomic E-state index is 0.268. The molecule has 1 aromatic rings. The van der Waals surface area contributed by atoms with E-state index in [1.165, 1.54) is 24.8 Å². The van der Waals surface area contributed by atoms with Crippen molar-refractivity contribution in [3.8, 4) is 0 Å². The molecule has 0 bridgehead atoms. The fourth-order valence-corrected chi connectivity index (χ4v) is 3.18. The summed E-state index contributed by atoms with van der Waals surface area (Å²) in [7, 11) is 0. The summed E-state index contributed by atoms with van der Waals surface area (Å²) in [6.07, 6.45) is 4.00. The van der Waals surface area contributed by atoms with Crippen LogP contribution < -0.4 is 11.1 Å². The van der Waals surface area contributed by atoms with Gasteiger partial charge in [0.1, 0.15) is 0 Å². The van der Waals surface area contributed by atoms with Crippen LogP contribution in [-0.2, 0) is 4.74 Å². The molecule has 1 aromatic carbocycles. The minimum atomic E-state index is 0.268. The van der Waals surface area contributed by atoms with Crippen LogP contribution in [0.2, 0.25) is 0 Å². The fourth-order valence-electron chi connectivity index (χ4n) is 3.18. The molecule has 0 radical (unpaired) electrons. The Kier molecular flexibility index (Phi) is 5.88. The molecule has 3 N–H and O–H groups in total. The molecule has 0 aromatic heterocycles. The molecule has 0 amide bonds. The van der Waals surface area contributed by atoms with Crippen LogP contribution in [0.4, 0.5) is 0 Å². The van der Waals surface area contributed by atoms with Crippen LogP contribution in [0.25, 0.3) is 0 Å². The first-order valence-corrected chi connectivity index (χ1v) is 8.73. The summed E-state index contributed by atoms with van der Waals surface area (Å²) in [5, 5.41) is 3.28. The van der Waals surface area contributed by atoms with Crippen molar-refractivity contribution in [1.82, 2.24) is 10.2 Å². The molecule has 2 aliphatic rings. The van der Waals surface area contributed by atoms with Gasteiger partial charge in [-0.05, 0) is 24.3 Å². The maximum absolute atomic E-state index is 6.05. The summed E-state index contributed by atoms with van der Waals surface area (Å²) in [6.45, 7) is 5.14. The average molecular weight is 316 g/mol. The van der Waals surface area contributed by atoms with Gasteiger partial charge < -0.3 is 15.8 Å². The smallest absolute Gasteiger partial charge is 0.188 e. The Morgan fingerprint density at radius 1 is 1.26 bits per heavy atom. The molecule has 1 aliphatic heterocycles. The summed E-state index contributed by atoms with van der Waals surface area (Å²) >= 11 is 0. The topological polar surface area (TPSA) is 62.9 Å². The molecule has 23 heavy (non-hydrogen) atoms. The number of morpholine rings is 1. The first-order chi connectivity index (χ1) is 11.3. The lowest BCUT2D eigenvalue weighted by Gasteiger charge is -2.34. The van der Waals surface area contributed by atoms with Crippen LogP contribution in [0.1, 0.15) is 30.9 Å². The highest BCUT2D eigenvalue weighted by Gasteiger charge is 2.22. The van der Waals surface area contributed by atoms with Gasteiger partial charge in [-0.1, -0.05) is 36.8 Å². The van der Waals surface area contributed by atoms with Crippen LogP contribution in [0.5, 0.6) is 0 Å². The number of hydrogen-bond acceptors (Lipinski definition) is 3. The Morgan fingerprint density at radius 3 is 2.65 bits per heavy atom. The average Bonchev–Trinajstić information content (AvgIpc) is 2.56. The summed E-state index contributed by atoms with van der Waals surface area (Å²) in [5.74, 6) is 1.36. The highest BCUT2D eigenvalue weighted by Crippen LogP contribution is 2.25. The van der Waals surface area contributed by atoms with Gasteiger partial charge in [0.2, 0.25) is 0 Å². The van der Waals surface area contributed by atoms with E-state index in [9.17, 15) is 0 Å². The van der Waals surface area contributed by atoms with Crippen molar-refractivity contribution in [3.63, 3.8) is 0 Å². The van der Waals surface area contributed by atoms with E-state index in [1.54, 1.807) is 0 Å². The molecule has 1 heterocycles. The Balaban J connectivity index is 1.60. The van der Waals surface area contributed by atoms with Gasteiger partial charge in [0.15, 0.2) is 5.96 Å². The highest BCUT2D eigenvalue weighted by molar-refractivity contribution is 5.77. The standard InChI is InChI=1S/C18H28N4O/c19-18(20-13-15-5-4-6-15)21-14-17(16-7-2-1-3-8-16)22-9-11-23-12-10-22/h1-3,7-8,15,17H,4-6,9-14H2,(H3,19,20,21). The van der Waals surface area contributed by atoms with Gasteiger partial charge in [0, 0.05) is 19.6 Å². The SMILES string of the molecule is NC(=NCC(c1ccccc1)N1CCOCC1)NCC1CCC1. The third-order valence-corrected chi connectivity index (χ3v) is 4.90. The quantitative estimate of drug-likeness (QED) is 0.620. The summed E-state index contributed by atoms with van der Waals surface area (Å²) in [4.78, 5) is 7.05. The first-order valence-electron chi connectivity index (χ1n) is 8.73. The van der Waals surface area contributed by atoms with Gasteiger partial charge in [-0.15, -0.1) is 0 Å². The molecule has 1 saturated heterocycles. The third-order valence-electron chi connectivity index (χ3n) is 4.90. The number of nitrogens with two attached hydrogens (primary N) is 1. The zero-order chi connectivity index (χ0) is 15.9. The van der Waals surface area contributed by atoms with Crippen LogP contribution in [0, 0.1) is 5.92 Å². The van der Waals surface area contributed by atoms with Crippen molar-refractivity contribution >= 4 is 5.96 Å². The maximum Gasteiger partial charge on any atom is 0.188 e. The van der Waals surface area contributed by atoms with E-state index < -0.39 is 0 Å². The summed E-state index contributed by atoms with van der Waals surface area (Å²) < 4.78 is 5.48. The summed E-state index contributed by atoms with van der Waals surface area (Å²) in [5.41, 5.74) is 7.35. The minimum Gasteiger partial charge on any atom is -0.379 e. The second-order valence-corrected chi connectivity index (χ2v) is 6.48. The van der Waals surface area contributed by atoms with E-state index in [2.05, 4.69) is 45.5 Å². The van der Waals surface area contributed by atoms with Crippen molar-refractivity contribution in [2.24, 2.45) is 16.6 Å². The molecule has 2 fully saturated rings. The molecule has 1 saturated carbocycles. The number of rotatable bonds is 6. The Morgan fingerprint density at radius 2 is 2.00 bits per heavy atom. The van der Waals surface area contributed by atoms with Crippen molar-refractivity contribution < 1.29 is 4.74 Å². The number of guanidine groups is 1. The van der Waals surface area contributed by atoms with Crippen LogP contribution in [-0.4, -0.2) is 50.3 Å². The number of ether oxygens (including phenoxy) is 1. The lowest BCUT2D eigenvalue weighted by atomic mass is 9.85. The normalized spacial score (nSPS) is 21.7. The molecule has 5 heteroatoms. The van der Waals surface area contributed by atoms with E-state index in [1.807, 2.05) is 0 Å². The van der Waals surface area contributed by atoms with Gasteiger partial charge >= 0.3 is 0 Å². The van der Waals surface area contributed by atoms with E-state index in [0.29, 0.717) is 12.5 Å². The molecule has 5 nitrogen and oxygen atoms in total. The lowest BCUT2D eigenvalue weighted by molar-refractivity contribution is 0.0180. The monoisotopic (exact) mass is 316 g/mol. The molecule has 1 unspecified atom stereocenters.